The number of aliphatic hydroxyl groups is 5. The molecule has 0 saturated carbocycles. The van der Waals surface area contributed by atoms with Gasteiger partial charge in [-0.3, -0.25) is 4.79 Å². The number of hydrogen-bond donors (Lipinski definition) is 6. The van der Waals surface area contributed by atoms with Gasteiger partial charge in [0, 0.05) is 6.42 Å². The lowest BCUT2D eigenvalue weighted by molar-refractivity contribution is -0.230. The molecule has 0 aromatic rings. The molecule has 8 nitrogen and oxygen atoms in total. The Labute approximate surface area is 365 Å². The van der Waals surface area contributed by atoms with Crippen molar-refractivity contribution in [2.24, 2.45) is 0 Å². The van der Waals surface area contributed by atoms with Gasteiger partial charge in [0.2, 0.25) is 5.91 Å². The summed E-state index contributed by atoms with van der Waals surface area (Å²) < 4.78 is 5.72. The van der Waals surface area contributed by atoms with E-state index in [2.05, 4.69) is 19.2 Å². The van der Waals surface area contributed by atoms with Crippen LogP contribution in [0.1, 0.15) is 271 Å². The molecule has 1 aliphatic rings. The first-order valence-corrected chi connectivity index (χ1v) is 26.1. The van der Waals surface area contributed by atoms with Crippen molar-refractivity contribution in [3.8, 4) is 0 Å². The smallest absolute Gasteiger partial charge is 0.220 e. The second kappa shape index (κ2) is 41.3. The van der Waals surface area contributed by atoms with Gasteiger partial charge in [0.05, 0.1) is 24.9 Å². The maximum atomic E-state index is 13.1. The number of nitrogens with one attached hydrogen (secondary N) is 1. The molecule has 0 spiro atoms. The Balaban J connectivity index is 2.21. The molecule has 3 unspecified atom stereocenters. The molecule has 1 fully saturated rings. The number of carbonyl (C=O) groups is 1. The topological polar surface area (TPSA) is 139 Å². The van der Waals surface area contributed by atoms with Crippen molar-refractivity contribution in [3.63, 3.8) is 0 Å². The molecule has 0 aromatic heterocycles. The van der Waals surface area contributed by atoms with Gasteiger partial charge in [0.25, 0.3) is 0 Å². The zero-order valence-corrected chi connectivity index (χ0v) is 39.1. The van der Waals surface area contributed by atoms with E-state index in [9.17, 15) is 30.3 Å². The fourth-order valence-corrected chi connectivity index (χ4v) is 9.04. The van der Waals surface area contributed by atoms with Crippen LogP contribution in [-0.4, -0.2) is 80.7 Å². The highest BCUT2D eigenvalue weighted by atomic mass is 16.5. The Morgan fingerprint density at radius 2 is 0.780 bits per heavy atom. The molecule has 0 aromatic carbocycles. The Morgan fingerprint density at radius 3 is 1.14 bits per heavy atom. The number of rotatable bonds is 44. The summed E-state index contributed by atoms with van der Waals surface area (Å²) in [6.45, 7) is 4.08. The second-order valence-corrected chi connectivity index (χ2v) is 18.7. The maximum absolute atomic E-state index is 13.1. The van der Waals surface area contributed by atoms with E-state index in [0.29, 0.717) is 19.3 Å². The molecule has 1 amide bonds. The Bertz CT molecular complexity index is 890. The predicted molar refractivity (Wildman–Crippen MR) is 248 cm³/mol. The van der Waals surface area contributed by atoms with E-state index in [1.807, 2.05) is 0 Å². The first-order valence-electron chi connectivity index (χ1n) is 26.1. The van der Waals surface area contributed by atoms with Crippen molar-refractivity contribution in [1.82, 2.24) is 5.32 Å². The van der Waals surface area contributed by atoms with Crippen molar-refractivity contribution in [1.29, 1.82) is 0 Å². The van der Waals surface area contributed by atoms with Gasteiger partial charge >= 0.3 is 0 Å². The number of hydrogen-bond acceptors (Lipinski definition) is 7. The van der Waals surface area contributed by atoms with Gasteiger partial charge in [-0.05, 0) is 25.7 Å². The zero-order chi connectivity index (χ0) is 43.0. The van der Waals surface area contributed by atoms with E-state index in [1.54, 1.807) is 0 Å². The van der Waals surface area contributed by atoms with Crippen molar-refractivity contribution >= 4 is 5.91 Å². The van der Waals surface area contributed by atoms with Gasteiger partial charge in [-0.1, -0.05) is 239 Å². The van der Waals surface area contributed by atoms with Crippen LogP contribution in [-0.2, 0) is 9.53 Å². The average Bonchev–Trinajstić information content (AvgIpc) is 3.23. The van der Waals surface area contributed by atoms with Crippen molar-refractivity contribution in [3.05, 3.63) is 0 Å². The van der Waals surface area contributed by atoms with Crippen LogP contribution in [0.15, 0.2) is 0 Å². The summed E-state index contributed by atoms with van der Waals surface area (Å²) in [4.78, 5) is 13.1. The molecular weight excluding hydrogens is 739 g/mol. The lowest BCUT2D eigenvalue weighted by Crippen LogP contribution is -2.58. The number of unbranched alkanes of at least 4 members (excludes halogenated alkanes) is 34. The summed E-state index contributed by atoms with van der Waals surface area (Å²) >= 11 is 0. The standard InChI is InChI=1S/C51H101NO7/c1-3-5-7-9-11-13-15-17-18-19-20-21-22-23-24-25-26-28-30-32-34-36-38-40-48(55)52-44(41-42-46-49(56)51(58)50(57)47(43-53)59-46)45(54)39-37-35-33-31-29-27-16-14-12-10-8-6-4-2/h44-47,49-51,53-54,56-58H,3-43H2,1-2H3,(H,52,55)/t44-,45+,46+,47?,49?,50-,51?/m0/s1. The van der Waals surface area contributed by atoms with Crippen LogP contribution in [0.25, 0.3) is 0 Å². The minimum Gasteiger partial charge on any atom is -0.394 e. The van der Waals surface area contributed by atoms with Gasteiger partial charge in [0.15, 0.2) is 0 Å². The fourth-order valence-electron chi connectivity index (χ4n) is 9.04. The molecule has 0 aliphatic carbocycles. The minimum absolute atomic E-state index is 0.0586. The average molecular weight is 840 g/mol. The molecule has 7 atom stereocenters. The summed E-state index contributed by atoms with van der Waals surface area (Å²) in [5.74, 6) is -0.0586. The molecule has 1 rings (SSSR count). The van der Waals surface area contributed by atoms with E-state index in [-0.39, 0.29) is 12.3 Å². The first-order chi connectivity index (χ1) is 28.8. The summed E-state index contributed by atoms with van der Waals surface area (Å²) in [6.07, 6.45) is 42.2. The molecule has 1 heterocycles. The van der Waals surface area contributed by atoms with Gasteiger partial charge in [-0.25, -0.2) is 0 Å². The van der Waals surface area contributed by atoms with Crippen LogP contribution in [0.2, 0.25) is 0 Å². The van der Waals surface area contributed by atoms with Crippen LogP contribution in [0.3, 0.4) is 0 Å². The summed E-state index contributed by atoms with van der Waals surface area (Å²) in [6, 6.07) is -0.489. The van der Waals surface area contributed by atoms with Crippen LogP contribution in [0.4, 0.5) is 0 Å². The number of ether oxygens (including phenoxy) is 1. The van der Waals surface area contributed by atoms with Gasteiger partial charge in [-0.2, -0.15) is 0 Å². The van der Waals surface area contributed by atoms with Gasteiger partial charge < -0.3 is 35.6 Å². The molecule has 8 heteroatoms. The number of carbonyl (C=O) groups excluding carboxylic acids is 1. The van der Waals surface area contributed by atoms with Gasteiger partial charge in [-0.15, -0.1) is 0 Å². The molecule has 1 aliphatic heterocycles. The molecule has 352 valence electrons. The van der Waals surface area contributed by atoms with E-state index in [4.69, 9.17) is 4.74 Å². The summed E-state index contributed by atoms with van der Waals surface area (Å²) in [5, 5.41) is 55.0. The molecule has 0 bridgehead atoms. The predicted octanol–water partition coefficient (Wildman–Crippen LogP) is 12.3. The fraction of sp³-hybridized carbons (Fsp3) is 0.980. The molecule has 1 saturated heterocycles. The van der Waals surface area contributed by atoms with Crippen LogP contribution < -0.4 is 5.32 Å². The third-order valence-corrected chi connectivity index (χ3v) is 13.2. The van der Waals surface area contributed by atoms with E-state index in [1.165, 1.54) is 193 Å². The number of amides is 1. The third-order valence-electron chi connectivity index (χ3n) is 13.2. The van der Waals surface area contributed by atoms with Crippen LogP contribution >= 0.6 is 0 Å². The Morgan fingerprint density at radius 1 is 0.458 bits per heavy atom. The largest absolute Gasteiger partial charge is 0.394 e. The first kappa shape index (κ1) is 56.2. The maximum Gasteiger partial charge on any atom is 0.220 e. The van der Waals surface area contributed by atoms with Crippen LogP contribution in [0.5, 0.6) is 0 Å². The molecule has 6 N–H and O–H groups in total. The zero-order valence-electron chi connectivity index (χ0n) is 39.1. The summed E-state index contributed by atoms with van der Waals surface area (Å²) in [7, 11) is 0. The van der Waals surface area contributed by atoms with Crippen molar-refractivity contribution < 1.29 is 35.1 Å². The van der Waals surface area contributed by atoms with Crippen LogP contribution in [0, 0.1) is 0 Å². The lowest BCUT2D eigenvalue weighted by atomic mass is 9.90. The monoisotopic (exact) mass is 840 g/mol. The third kappa shape index (κ3) is 31.7. The SMILES string of the molecule is CCCCCCCCCCCCCCCCCCCCCCCCCC(=O)N[C@@H](CC[C@H]1OC(CO)[C@H](O)C(O)C1O)[C@H](O)CCCCCCCCCCCCCCC. The lowest BCUT2D eigenvalue weighted by Gasteiger charge is -2.40. The van der Waals surface area contributed by atoms with E-state index < -0.39 is 49.3 Å². The van der Waals surface area contributed by atoms with Crippen molar-refractivity contribution in [2.75, 3.05) is 6.61 Å². The highest BCUT2D eigenvalue weighted by molar-refractivity contribution is 5.76. The molecule has 0 radical (unpaired) electrons. The minimum atomic E-state index is -1.42. The second-order valence-electron chi connectivity index (χ2n) is 18.7. The summed E-state index contributed by atoms with van der Waals surface area (Å²) in [5.41, 5.74) is 0. The van der Waals surface area contributed by atoms with E-state index in [0.717, 1.165) is 38.5 Å². The normalized spacial score (nSPS) is 20.6. The van der Waals surface area contributed by atoms with Crippen molar-refractivity contribution in [2.45, 2.75) is 313 Å². The molecular formula is C51H101NO7. The Kier molecular flexibility index (Phi) is 39.3. The van der Waals surface area contributed by atoms with Gasteiger partial charge in [0.1, 0.15) is 24.4 Å². The number of aliphatic hydroxyl groups excluding tert-OH is 5. The highest BCUT2D eigenvalue weighted by Gasteiger charge is 2.43. The molecule has 59 heavy (non-hydrogen) atoms. The highest BCUT2D eigenvalue weighted by Crippen LogP contribution is 2.26. The Hall–Kier alpha value is -0.770. The quantitative estimate of drug-likeness (QED) is 0.0336. The van der Waals surface area contributed by atoms with E-state index >= 15 is 0 Å².